The zero-order valence-electron chi connectivity index (χ0n) is 11.0. The second kappa shape index (κ2) is 6.39. The van der Waals surface area contributed by atoms with Crippen LogP contribution in [0.2, 0.25) is 0 Å². The Bertz CT molecular complexity index is 321. The van der Waals surface area contributed by atoms with Crippen LogP contribution in [0, 0.1) is 17.8 Å². The molecule has 17 heavy (non-hydrogen) atoms. The first-order valence-electron chi connectivity index (χ1n) is 6.40. The molecule has 0 aromatic rings. The summed E-state index contributed by atoms with van der Waals surface area (Å²) >= 11 is 5.68. The van der Waals surface area contributed by atoms with Gasteiger partial charge < -0.3 is 0 Å². The summed E-state index contributed by atoms with van der Waals surface area (Å²) < 4.78 is 25.8. The highest BCUT2D eigenvalue weighted by molar-refractivity contribution is 7.89. The van der Waals surface area contributed by atoms with Crippen LogP contribution in [0.3, 0.4) is 0 Å². The number of rotatable bonds is 5. The summed E-state index contributed by atoms with van der Waals surface area (Å²) in [6, 6.07) is 0. The third kappa shape index (κ3) is 4.42. The normalized spacial score (nSPS) is 21.9. The van der Waals surface area contributed by atoms with Gasteiger partial charge in [-0.25, -0.2) is 12.7 Å². The maximum absolute atomic E-state index is 12.1. The average molecular weight is 282 g/mol. The van der Waals surface area contributed by atoms with E-state index in [2.05, 4.69) is 13.8 Å². The van der Waals surface area contributed by atoms with Gasteiger partial charge in [0.05, 0.1) is 5.75 Å². The fourth-order valence-corrected chi connectivity index (χ4v) is 4.38. The Kier molecular flexibility index (Phi) is 5.74. The van der Waals surface area contributed by atoms with Gasteiger partial charge in [-0.3, -0.25) is 0 Å². The van der Waals surface area contributed by atoms with Crippen molar-refractivity contribution >= 4 is 21.6 Å². The zero-order chi connectivity index (χ0) is 13.1. The van der Waals surface area contributed by atoms with Gasteiger partial charge in [-0.15, -0.1) is 11.6 Å². The van der Waals surface area contributed by atoms with Crippen LogP contribution in [0.4, 0.5) is 0 Å². The number of alkyl halides is 1. The van der Waals surface area contributed by atoms with Crippen molar-refractivity contribution in [1.82, 2.24) is 4.31 Å². The molecular weight excluding hydrogens is 258 g/mol. The first-order chi connectivity index (χ1) is 7.86. The molecule has 1 saturated heterocycles. The summed E-state index contributed by atoms with van der Waals surface area (Å²) in [6.45, 7) is 7.67. The quantitative estimate of drug-likeness (QED) is 0.727. The lowest BCUT2D eigenvalue weighted by Crippen LogP contribution is -2.41. The number of sulfonamides is 1. The topological polar surface area (TPSA) is 37.4 Å². The molecule has 0 aromatic carbocycles. The SMILES string of the molecule is CC(CCl)CS(=O)(=O)N1CCC(C(C)C)CC1. The fraction of sp³-hybridized carbons (Fsp3) is 1.00. The Morgan fingerprint density at radius 2 is 1.76 bits per heavy atom. The van der Waals surface area contributed by atoms with E-state index in [4.69, 9.17) is 11.6 Å². The van der Waals surface area contributed by atoms with Crippen molar-refractivity contribution in [1.29, 1.82) is 0 Å². The molecule has 0 aliphatic carbocycles. The molecule has 0 bridgehead atoms. The smallest absolute Gasteiger partial charge is 0.212 e. The van der Waals surface area contributed by atoms with E-state index in [0.717, 1.165) is 12.8 Å². The Morgan fingerprint density at radius 1 is 1.24 bits per heavy atom. The molecule has 1 atom stereocenters. The van der Waals surface area contributed by atoms with E-state index < -0.39 is 10.0 Å². The fourth-order valence-electron chi connectivity index (χ4n) is 2.33. The predicted molar refractivity (Wildman–Crippen MR) is 72.8 cm³/mol. The van der Waals surface area contributed by atoms with Crippen molar-refractivity contribution in [2.75, 3.05) is 24.7 Å². The molecule has 5 heteroatoms. The summed E-state index contributed by atoms with van der Waals surface area (Å²) in [5, 5.41) is 0. The lowest BCUT2D eigenvalue weighted by atomic mass is 9.87. The number of nitrogens with zero attached hydrogens (tertiary/aromatic N) is 1. The number of hydrogen-bond donors (Lipinski definition) is 0. The Balaban J connectivity index is 2.53. The van der Waals surface area contributed by atoms with Gasteiger partial charge in [0.25, 0.3) is 0 Å². The van der Waals surface area contributed by atoms with Crippen LogP contribution in [-0.4, -0.2) is 37.4 Å². The van der Waals surface area contributed by atoms with E-state index >= 15 is 0 Å². The van der Waals surface area contributed by atoms with Crippen molar-refractivity contribution in [3.05, 3.63) is 0 Å². The third-order valence-corrected chi connectivity index (χ3v) is 6.26. The molecule has 1 unspecified atom stereocenters. The molecule has 1 aliphatic heterocycles. The van der Waals surface area contributed by atoms with Crippen LogP contribution in [0.15, 0.2) is 0 Å². The minimum Gasteiger partial charge on any atom is -0.212 e. The number of hydrogen-bond acceptors (Lipinski definition) is 2. The first-order valence-corrected chi connectivity index (χ1v) is 8.55. The van der Waals surface area contributed by atoms with Crippen LogP contribution in [0.5, 0.6) is 0 Å². The summed E-state index contributed by atoms with van der Waals surface area (Å²) in [7, 11) is -3.09. The van der Waals surface area contributed by atoms with Gasteiger partial charge >= 0.3 is 0 Å². The van der Waals surface area contributed by atoms with E-state index in [9.17, 15) is 8.42 Å². The van der Waals surface area contributed by atoms with E-state index in [0.29, 0.717) is 30.8 Å². The van der Waals surface area contributed by atoms with Crippen molar-refractivity contribution in [3.8, 4) is 0 Å². The predicted octanol–water partition coefficient (Wildman–Crippen LogP) is 2.56. The molecule has 1 rings (SSSR count). The second-order valence-electron chi connectivity index (χ2n) is 5.52. The van der Waals surface area contributed by atoms with Gasteiger partial charge in [0, 0.05) is 19.0 Å². The Morgan fingerprint density at radius 3 is 2.18 bits per heavy atom. The molecule has 3 nitrogen and oxygen atoms in total. The van der Waals surface area contributed by atoms with Gasteiger partial charge in [0.15, 0.2) is 0 Å². The summed E-state index contributed by atoms with van der Waals surface area (Å²) in [5.41, 5.74) is 0. The van der Waals surface area contributed by atoms with Crippen LogP contribution in [-0.2, 0) is 10.0 Å². The van der Waals surface area contributed by atoms with Crippen molar-refractivity contribution < 1.29 is 8.42 Å². The lowest BCUT2D eigenvalue weighted by molar-refractivity contribution is 0.226. The third-order valence-electron chi connectivity index (χ3n) is 3.59. The van der Waals surface area contributed by atoms with E-state index in [1.54, 1.807) is 4.31 Å². The molecule has 1 fully saturated rings. The molecule has 0 saturated carbocycles. The van der Waals surface area contributed by atoms with Gasteiger partial charge in [-0.1, -0.05) is 20.8 Å². The van der Waals surface area contributed by atoms with Crippen LogP contribution in [0.25, 0.3) is 0 Å². The summed E-state index contributed by atoms with van der Waals surface area (Å²) in [6.07, 6.45) is 1.98. The monoisotopic (exact) mass is 281 g/mol. The molecule has 0 spiro atoms. The molecule has 0 aromatic heterocycles. The van der Waals surface area contributed by atoms with Crippen molar-refractivity contribution in [3.63, 3.8) is 0 Å². The molecule has 0 amide bonds. The second-order valence-corrected chi connectivity index (χ2v) is 7.84. The Labute approximate surface area is 111 Å². The maximum Gasteiger partial charge on any atom is 0.214 e. The van der Waals surface area contributed by atoms with E-state index in [1.165, 1.54) is 0 Å². The first kappa shape index (κ1) is 15.3. The largest absolute Gasteiger partial charge is 0.214 e. The number of halogens is 1. The molecule has 102 valence electrons. The molecule has 0 N–H and O–H groups in total. The van der Waals surface area contributed by atoms with E-state index in [1.807, 2.05) is 6.92 Å². The summed E-state index contributed by atoms with van der Waals surface area (Å²) in [5.74, 6) is 1.95. The van der Waals surface area contributed by atoms with Gasteiger partial charge in [0.1, 0.15) is 0 Å². The molecule has 1 aliphatic rings. The molecular formula is C12H24ClNO2S. The van der Waals surface area contributed by atoms with Gasteiger partial charge in [-0.05, 0) is 30.6 Å². The highest BCUT2D eigenvalue weighted by Crippen LogP contribution is 2.26. The van der Waals surface area contributed by atoms with Crippen LogP contribution < -0.4 is 0 Å². The Hall–Kier alpha value is 0.200. The molecule has 0 radical (unpaired) electrons. The van der Waals surface area contributed by atoms with Crippen molar-refractivity contribution in [2.45, 2.75) is 33.6 Å². The van der Waals surface area contributed by atoms with E-state index in [-0.39, 0.29) is 11.7 Å². The zero-order valence-corrected chi connectivity index (χ0v) is 12.6. The highest BCUT2D eigenvalue weighted by Gasteiger charge is 2.29. The van der Waals surface area contributed by atoms with Crippen LogP contribution >= 0.6 is 11.6 Å². The van der Waals surface area contributed by atoms with Crippen LogP contribution in [0.1, 0.15) is 33.6 Å². The lowest BCUT2D eigenvalue weighted by Gasteiger charge is -2.33. The standard InChI is InChI=1S/C12H24ClNO2S/c1-10(2)12-4-6-14(7-5-12)17(15,16)9-11(3)8-13/h10-12H,4-9H2,1-3H3. The van der Waals surface area contributed by atoms with Gasteiger partial charge in [-0.2, -0.15) is 0 Å². The molecule has 1 heterocycles. The maximum atomic E-state index is 12.1. The van der Waals surface area contributed by atoms with Crippen molar-refractivity contribution in [2.24, 2.45) is 17.8 Å². The summed E-state index contributed by atoms with van der Waals surface area (Å²) in [4.78, 5) is 0. The highest BCUT2D eigenvalue weighted by atomic mass is 35.5. The number of piperidine rings is 1. The minimum absolute atomic E-state index is 0.0319. The van der Waals surface area contributed by atoms with Gasteiger partial charge in [0.2, 0.25) is 10.0 Å². The minimum atomic E-state index is -3.09. The average Bonchev–Trinajstić information content (AvgIpc) is 2.28.